The summed E-state index contributed by atoms with van der Waals surface area (Å²) in [6, 6.07) is 8.45. The van der Waals surface area contributed by atoms with Gasteiger partial charge in [0.15, 0.2) is 0 Å². The lowest BCUT2D eigenvalue weighted by molar-refractivity contribution is 0.0841. The van der Waals surface area contributed by atoms with Gasteiger partial charge in [0, 0.05) is 31.6 Å². The Hall–Kier alpha value is -1.69. The lowest BCUT2D eigenvalue weighted by atomic mass is 10.00. The van der Waals surface area contributed by atoms with Crippen LogP contribution in [0.15, 0.2) is 35.0 Å². The van der Waals surface area contributed by atoms with Gasteiger partial charge in [-0.3, -0.25) is 9.69 Å². The quantitative estimate of drug-likeness (QED) is 0.884. The number of nitrogens with one attached hydrogen (secondary N) is 1. The maximum atomic E-state index is 12.1. The molecular formula is C18H22N2O2S. The van der Waals surface area contributed by atoms with Gasteiger partial charge in [0.1, 0.15) is 0 Å². The summed E-state index contributed by atoms with van der Waals surface area (Å²) in [5, 5.41) is 16.8. The Morgan fingerprint density at radius 1 is 1.35 bits per heavy atom. The van der Waals surface area contributed by atoms with Gasteiger partial charge in [0.05, 0.1) is 11.7 Å². The Balaban J connectivity index is 1.48. The molecule has 1 aromatic heterocycles. The smallest absolute Gasteiger partial charge is 0.252 e. The summed E-state index contributed by atoms with van der Waals surface area (Å²) in [5.41, 5.74) is 4.42. The summed E-state index contributed by atoms with van der Waals surface area (Å²) in [7, 11) is 0. The van der Waals surface area contributed by atoms with Crippen molar-refractivity contribution in [3.63, 3.8) is 0 Å². The van der Waals surface area contributed by atoms with E-state index >= 15 is 0 Å². The summed E-state index contributed by atoms with van der Waals surface area (Å²) in [5.74, 6) is -0.105. The van der Waals surface area contributed by atoms with Crippen LogP contribution < -0.4 is 5.32 Å². The summed E-state index contributed by atoms with van der Waals surface area (Å²) in [6.07, 6.45) is 0.465. The maximum Gasteiger partial charge on any atom is 0.252 e. The minimum absolute atomic E-state index is 0.105. The molecule has 0 radical (unpaired) electrons. The standard InChI is InChI=1S/C18H22N2O2S/c1-13-11-23-12-17(13)18(22)19-8-16(21)10-20-7-6-14-4-2-3-5-15(14)9-20/h2-5,11-12,16,21H,6-10H2,1H3,(H,19,22). The molecule has 1 unspecified atom stereocenters. The van der Waals surface area contributed by atoms with E-state index in [1.165, 1.54) is 22.5 Å². The number of rotatable bonds is 5. The van der Waals surface area contributed by atoms with Crippen LogP contribution in [0, 0.1) is 6.92 Å². The topological polar surface area (TPSA) is 52.6 Å². The molecule has 4 nitrogen and oxygen atoms in total. The van der Waals surface area contributed by atoms with Crippen LogP contribution in [0.2, 0.25) is 0 Å². The zero-order valence-corrected chi connectivity index (χ0v) is 14.1. The molecule has 5 heteroatoms. The maximum absolute atomic E-state index is 12.1. The first-order chi connectivity index (χ1) is 11.1. The molecule has 23 heavy (non-hydrogen) atoms. The molecule has 0 saturated heterocycles. The molecule has 2 heterocycles. The fourth-order valence-electron chi connectivity index (χ4n) is 2.97. The summed E-state index contributed by atoms with van der Waals surface area (Å²) < 4.78 is 0. The van der Waals surface area contributed by atoms with Gasteiger partial charge in [-0.15, -0.1) is 0 Å². The zero-order chi connectivity index (χ0) is 16.2. The van der Waals surface area contributed by atoms with Gasteiger partial charge in [-0.25, -0.2) is 0 Å². The van der Waals surface area contributed by atoms with Crippen LogP contribution >= 0.6 is 11.3 Å². The molecule has 1 aliphatic rings. The molecule has 1 amide bonds. The van der Waals surface area contributed by atoms with Crippen LogP contribution in [0.5, 0.6) is 0 Å². The van der Waals surface area contributed by atoms with Crippen molar-refractivity contribution in [3.05, 3.63) is 57.3 Å². The van der Waals surface area contributed by atoms with Crippen LogP contribution in [0.3, 0.4) is 0 Å². The summed E-state index contributed by atoms with van der Waals surface area (Å²) >= 11 is 1.52. The Kier molecular flexibility index (Phi) is 5.10. The number of amides is 1. The van der Waals surface area contributed by atoms with E-state index in [0.29, 0.717) is 12.1 Å². The summed E-state index contributed by atoms with van der Waals surface area (Å²) in [6.45, 7) is 4.60. The predicted molar refractivity (Wildman–Crippen MR) is 92.8 cm³/mol. The van der Waals surface area contributed by atoms with Crippen molar-refractivity contribution >= 4 is 17.2 Å². The highest BCUT2D eigenvalue weighted by molar-refractivity contribution is 7.08. The van der Waals surface area contributed by atoms with E-state index in [4.69, 9.17) is 0 Å². The number of aliphatic hydroxyl groups excluding tert-OH is 1. The number of carbonyl (C=O) groups excluding carboxylic acids is 1. The van der Waals surface area contributed by atoms with E-state index in [0.717, 1.165) is 25.1 Å². The fourth-order valence-corrected chi connectivity index (χ4v) is 3.80. The monoisotopic (exact) mass is 330 g/mol. The van der Waals surface area contributed by atoms with Gasteiger partial charge in [-0.2, -0.15) is 11.3 Å². The van der Waals surface area contributed by atoms with Gasteiger partial charge >= 0.3 is 0 Å². The largest absolute Gasteiger partial charge is 0.390 e. The number of hydrogen-bond donors (Lipinski definition) is 2. The molecule has 122 valence electrons. The highest BCUT2D eigenvalue weighted by Crippen LogP contribution is 2.18. The minimum Gasteiger partial charge on any atom is -0.390 e. The minimum atomic E-state index is -0.553. The zero-order valence-electron chi connectivity index (χ0n) is 13.3. The second-order valence-electron chi connectivity index (χ2n) is 6.09. The molecule has 0 fully saturated rings. The summed E-state index contributed by atoms with van der Waals surface area (Å²) in [4.78, 5) is 14.3. The SMILES string of the molecule is Cc1cscc1C(=O)NCC(O)CN1CCc2ccccc2C1. The third-order valence-corrected chi connectivity index (χ3v) is 5.14. The lowest BCUT2D eigenvalue weighted by Crippen LogP contribution is -2.42. The van der Waals surface area contributed by atoms with E-state index in [9.17, 15) is 9.90 Å². The van der Waals surface area contributed by atoms with E-state index < -0.39 is 6.10 Å². The molecule has 0 saturated carbocycles. The Morgan fingerprint density at radius 2 is 2.13 bits per heavy atom. The highest BCUT2D eigenvalue weighted by atomic mass is 32.1. The molecule has 2 N–H and O–H groups in total. The Bertz CT molecular complexity index is 683. The highest BCUT2D eigenvalue weighted by Gasteiger charge is 2.19. The van der Waals surface area contributed by atoms with Gasteiger partial charge in [-0.1, -0.05) is 24.3 Å². The molecular weight excluding hydrogens is 308 g/mol. The predicted octanol–water partition coefficient (Wildman–Crippen LogP) is 2.21. The van der Waals surface area contributed by atoms with Crippen molar-refractivity contribution in [3.8, 4) is 0 Å². The number of nitrogens with zero attached hydrogens (tertiary/aromatic N) is 1. The third-order valence-electron chi connectivity index (χ3n) is 4.28. The van der Waals surface area contributed by atoms with E-state index in [1.54, 1.807) is 0 Å². The first-order valence-corrected chi connectivity index (χ1v) is 8.86. The number of benzene rings is 1. The fraction of sp³-hybridized carbons (Fsp3) is 0.389. The second-order valence-corrected chi connectivity index (χ2v) is 6.83. The molecule has 3 rings (SSSR count). The van der Waals surface area contributed by atoms with E-state index in [1.807, 2.05) is 17.7 Å². The van der Waals surface area contributed by atoms with Crippen molar-refractivity contribution < 1.29 is 9.90 Å². The number of fused-ring (bicyclic) bond motifs is 1. The van der Waals surface area contributed by atoms with Gasteiger partial charge in [0.25, 0.3) is 5.91 Å². The number of thiophene rings is 1. The van der Waals surface area contributed by atoms with Crippen LogP contribution in [0.25, 0.3) is 0 Å². The van der Waals surface area contributed by atoms with Crippen molar-refractivity contribution in [1.29, 1.82) is 0 Å². The first kappa shape index (κ1) is 16.2. The van der Waals surface area contributed by atoms with E-state index in [2.05, 4.69) is 34.5 Å². The van der Waals surface area contributed by atoms with Crippen LogP contribution in [0.1, 0.15) is 27.0 Å². The van der Waals surface area contributed by atoms with Crippen molar-refractivity contribution in [2.24, 2.45) is 0 Å². The van der Waals surface area contributed by atoms with Gasteiger partial charge in [0.2, 0.25) is 0 Å². The average Bonchev–Trinajstić information content (AvgIpc) is 2.98. The third kappa shape index (κ3) is 3.99. The molecule has 1 atom stereocenters. The van der Waals surface area contributed by atoms with Crippen molar-refractivity contribution in [1.82, 2.24) is 10.2 Å². The number of aliphatic hydroxyl groups is 1. The van der Waals surface area contributed by atoms with E-state index in [-0.39, 0.29) is 12.5 Å². The molecule has 0 spiro atoms. The molecule has 1 aromatic carbocycles. The van der Waals surface area contributed by atoms with Crippen LogP contribution in [0.4, 0.5) is 0 Å². The normalized spacial score (nSPS) is 15.9. The van der Waals surface area contributed by atoms with Crippen molar-refractivity contribution in [2.45, 2.75) is 26.0 Å². The van der Waals surface area contributed by atoms with Crippen LogP contribution in [-0.4, -0.2) is 41.7 Å². The number of carbonyl (C=O) groups is 1. The number of β-amino-alcohol motifs (C(OH)–C–C–N with tert-alkyl or cyclic N) is 1. The average molecular weight is 330 g/mol. The number of hydrogen-bond acceptors (Lipinski definition) is 4. The lowest BCUT2D eigenvalue weighted by Gasteiger charge is -2.30. The molecule has 1 aliphatic heterocycles. The molecule has 0 bridgehead atoms. The number of aryl methyl sites for hydroxylation is 1. The molecule has 2 aromatic rings. The first-order valence-electron chi connectivity index (χ1n) is 7.91. The van der Waals surface area contributed by atoms with Gasteiger partial charge < -0.3 is 10.4 Å². The van der Waals surface area contributed by atoms with Crippen molar-refractivity contribution in [2.75, 3.05) is 19.6 Å². The Labute approximate surface area is 140 Å². The second kappa shape index (κ2) is 7.25. The Morgan fingerprint density at radius 3 is 2.87 bits per heavy atom. The molecule has 0 aliphatic carbocycles. The van der Waals surface area contributed by atoms with Crippen LogP contribution in [-0.2, 0) is 13.0 Å². The van der Waals surface area contributed by atoms with Gasteiger partial charge in [-0.05, 0) is 35.4 Å².